The molecule has 1 rings (SSSR count). The lowest BCUT2D eigenvalue weighted by molar-refractivity contribution is -0.187. The highest BCUT2D eigenvalue weighted by molar-refractivity contribution is 5.86. The molecule has 2 unspecified atom stereocenters. The molecule has 0 aliphatic carbocycles. The Morgan fingerprint density at radius 2 is 2.05 bits per heavy atom. The van der Waals surface area contributed by atoms with Gasteiger partial charge >= 0.3 is 6.18 Å². The molecule has 1 aromatic heterocycles. The molecular formula is C11H17F3N4O. The molecule has 3 N–H and O–H groups in total. The van der Waals surface area contributed by atoms with Crippen molar-refractivity contribution in [1.82, 2.24) is 15.1 Å². The van der Waals surface area contributed by atoms with Gasteiger partial charge in [0.05, 0.1) is 12.2 Å². The molecule has 8 heteroatoms. The largest absolute Gasteiger partial charge is 0.415 e. The summed E-state index contributed by atoms with van der Waals surface area (Å²) in [4.78, 5) is 11.6. The number of nitrogens with two attached hydrogens (primary N) is 1. The Morgan fingerprint density at radius 1 is 1.53 bits per heavy atom. The summed E-state index contributed by atoms with van der Waals surface area (Å²) in [5.41, 5.74) is 3.54. The summed E-state index contributed by atoms with van der Waals surface area (Å²) in [6.07, 6.45) is -3.30. The fourth-order valence-corrected chi connectivity index (χ4v) is 1.49. The third kappa shape index (κ3) is 2.89. The van der Waals surface area contributed by atoms with Crippen LogP contribution in [0.3, 0.4) is 0 Å². The maximum atomic E-state index is 12.6. The Morgan fingerprint density at radius 3 is 2.42 bits per heavy atom. The third-order valence-electron chi connectivity index (χ3n) is 3.15. The number of alkyl halides is 3. The van der Waals surface area contributed by atoms with Gasteiger partial charge in [0.1, 0.15) is 0 Å². The SMILES string of the molecule is Cc1c(C(C)NC(=O)C(C)(N)C(F)(F)F)cnn1C. The smallest absolute Gasteiger partial charge is 0.348 e. The molecule has 1 aromatic rings. The minimum atomic E-state index is -4.80. The lowest BCUT2D eigenvalue weighted by Gasteiger charge is -2.27. The molecule has 0 aliphatic rings. The van der Waals surface area contributed by atoms with Crippen molar-refractivity contribution in [1.29, 1.82) is 0 Å². The summed E-state index contributed by atoms with van der Waals surface area (Å²) in [6.45, 7) is 3.98. The predicted molar refractivity (Wildman–Crippen MR) is 63.2 cm³/mol. The number of amides is 1. The highest BCUT2D eigenvalue weighted by Crippen LogP contribution is 2.29. The first kappa shape index (κ1) is 15.5. The molecule has 108 valence electrons. The van der Waals surface area contributed by atoms with Crippen molar-refractivity contribution in [3.05, 3.63) is 17.5 Å². The van der Waals surface area contributed by atoms with Crippen molar-refractivity contribution in [3.63, 3.8) is 0 Å². The molecule has 19 heavy (non-hydrogen) atoms. The van der Waals surface area contributed by atoms with E-state index in [9.17, 15) is 18.0 Å². The van der Waals surface area contributed by atoms with E-state index in [4.69, 9.17) is 5.73 Å². The highest BCUT2D eigenvalue weighted by atomic mass is 19.4. The van der Waals surface area contributed by atoms with E-state index < -0.39 is 23.7 Å². The predicted octanol–water partition coefficient (Wildman–Crippen LogP) is 1.19. The van der Waals surface area contributed by atoms with Crippen LogP contribution in [0.15, 0.2) is 6.20 Å². The summed E-state index contributed by atoms with van der Waals surface area (Å²) in [7, 11) is 1.70. The van der Waals surface area contributed by atoms with E-state index >= 15 is 0 Å². The van der Waals surface area contributed by atoms with Gasteiger partial charge in [0.2, 0.25) is 5.91 Å². The molecule has 2 atom stereocenters. The monoisotopic (exact) mass is 278 g/mol. The van der Waals surface area contributed by atoms with Crippen LogP contribution in [-0.2, 0) is 11.8 Å². The summed E-state index contributed by atoms with van der Waals surface area (Å²) in [5, 5.41) is 6.23. The number of carbonyl (C=O) groups excluding carboxylic acids is 1. The zero-order valence-corrected chi connectivity index (χ0v) is 11.2. The van der Waals surface area contributed by atoms with Crippen molar-refractivity contribution < 1.29 is 18.0 Å². The van der Waals surface area contributed by atoms with Crippen molar-refractivity contribution in [2.24, 2.45) is 12.8 Å². The standard InChI is InChI=1S/C11H17F3N4O/c1-6(8-5-16-18(4)7(8)2)17-9(19)10(3,15)11(12,13)14/h5-6H,15H2,1-4H3,(H,17,19). The van der Waals surface area contributed by atoms with Gasteiger partial charge in [0.25, 0.3) is 0 Å². The summed E-state index contributed by atoms with van der Waals surface area (Å²) >= 11 is 0. The number of halogens is 3. The fraction of sp³-hybridized carbons (Fsp3) is 0.636. The Hall–Kier alpha value is -1.57. The second-order valence-electron chi connectivity index (χ2n) is 4.70. The van der Waals surface area contributed by atoms with Gasteiger partial charge in [-0.05, 0) is 20.8 Å². The first-order valence-electron chi connectivity index (χ1n) is 5.63. The first-order chi connectivity index (χ1) is 8.48. The second-order valence-corrected chi connectivity index (χ2v) is 4.70. The van der Waals surface area contributed by atoms with E-state index in [1.807, 2.05) is 0 Å². The van der Waals surface area contributed by atoms with Crippen LogP contribution in [0.5, 0.6) is 0 Å². The topological polar surface area (TPSA) is 72.9 Å². The van der Waals surface area contributed by atoms with E-state index in [-0.39, 0.29) is 0 Å². The number of rotatable bonds is 3. The average Bonchev–Trinajstić information content (AvgIpc) is 2.58. The van der Waals surface area contributed by atoms with Gasteiger partial charge in [-0.25, -0.2) is 0 Å². The minimum absolute atomic E-state index is 0.605. The number of hydrogen-bond acceptors (Lipinski definition) is 3. The third-order valence-corrected chi connectivity index (χ3v) is 3.15. The van der Waals surface area contributed by atoms with Gasteiger partial charge in [0.15, 0.2) is 5.54 Å². The number of aryl methyl sites for hydroxylation is 1. The van der Waals surface area contributed by atoms with Gasteiger partial charge in [-0.1, -0.05) is 0 Å². The van der Waals surface area contributed by atoms with Crippen molar-refractivity contribution in [2.75, 3.05) is 0 Å². The Balaban J connectivity index is 2.86. The van der Waals surface area contributed by atoms with Gasteiger partial charge < -0.3 is 11.1 Å². The summed E-state index contributed by atoms with van der Waals surface area (Å²) in [6, 6.07) is -0.605. The van der Waals surface area contributed by atoms with Crippen LogP contribution in [0.4, 0.5) is 13.2 Å². The quantitative estimate of drug-likeness (QED) is 0.872. The molecule has 0 saturated heterocycles. The number of nitrogens with one attached hydrogen (secondary N) is 1. The molecule has 0 bridgehead atoms. The maximum Gasteiger partial charge on any atom is 0.415 e. The summed E-state index contributed by atoms with van der Waals surface area (Å²) < 4.78 is 39.4. The maximum absolute atomic E-state index is 12.6. The summed E-state index contributed by atoms with van der Waals surface area (Å²) in [5.74, 6) is -1.27. The fourth-order valence-electron chi connectivity index (χ4n) is 1.49. The lowest BCUT2D eigenvalue weighted by Crippen LogP contribution is -2.61. The van der Waals surface area contributed by atoms with E-state index in [1.54, 1.807) is 25.6 Å². The zero-order chi connectivity index (χ0) is 15.0. The number of hydrogen-bond donors (Lipinski definition) is 2. The van der Waals surface area contributed by atoms with Gasteiger partial charge in [-0.2, -0.15) is 18.3 Å². The molecule has 0 saturated carbocycles. The van der Waals surface area contributed by atoms with Crippen molar-refractivity contribution in [2.45, 2.75) is 38.5 Å². The molecule has 1 amide bonds. The average molecular weight is 278 g/mol. The first-order valence-corrected chi connectivity index (χ1v) is 5.63. The lowest BCUT2D eigenvalue weighted by atomic mass is 10.0. The molecule has 0 radical (unpaired) electrons. The van der Waals surface area contributed by atoms with Gasteiger partial charge in [0, 0.05) is 18.3 Å². The zero-order valence-electron chi connectivity index (χ0n) is 11.2. The normalized spacial score (nSPS) is 16.8. The van der Waals surface area contributed by atoms with Crippen molar-refractivity contribution >= 4 is 5.91 Å². The van der Waals surface area contributed by atoms with E-state index in [0.29, 0.717) is 12.5 Å². The van der Waals surface area contributed by atoms with Crippen LogP contribution < -0.4 is 11.1 Å². The van der Waals surface area contributed by atoms with Crippen LogP contribution in [0.25, 0.3) is 0 Å². The molecule has 0 aromatic carbocycles. The number of nitrogens with zero attached hydrogens (tertiary/aromatic N) is 2. The molecule has 0 spiro atoms. The van der Waals surface area contributed by atoms with Crippen molar-refractivity contribution in [3.8, 4) is 0 Å². The van der Waals surface area contributed by atoms with Gasteiger partial charge in [-0.3, -0.25) is 9.48 Å². The Kier molecular flexibility index (Phi) is 3.94. The van der Waals surface area contributed by atoms with E-state index in [1.165, 1.54) is 6.20 Å². The second kappa shape index (κ2) is 4.84. The molecular weight excluding hydrogens is 261 g/mol. The van der Waals surface area contributed by atoms with E-state index in [0.717, 1.165) is 5.69 Å². The van der Waals surface area contributed by atoms with Crippen LogP contribution in [0, 0.1) is 6.92 Å². The molecule has 0 aliphatic heterocycles. The molecule has 0 fully saturated rings. The van der Waals surface area contributed by atoms with Crippen LogP contribution in [0.2, 0.25) is 0 Å². The minimum Gasteiger partial charge on any atom is -0.348 e. The van der Waals surface area contributed by atoms with E-state index in [2.05, 4.69) is 10.4 Å². The number of carbonyl (C=O) groups is 1. The number of aromatic nitrogens is 2. The highest BCUT2D eigenvalue weighted by Gasteiger charge is 2.54. The Labute approximate surface area is 109 Å². The Bertz CT molecular complexity index is 479. The van der Waals surface area contributed by atoms with Gasteiger partial charge in [-0.15, -0.1) is 0 Å². The molecule has 5 nitrogen and oxygen atoms in total. The van der Waals surface area contributed by atoms with Crippen LogP contribution >= 0.6 is 0 Å². The molecule has 1 heterocycles. The van der Waals surface area contributed by atoms with Crippen LogP contribution in [-0.4, -0.2) is 27.4 Å². The van der Waals surface area contributed by atoms with Crippen LogP contribution in [0.1, 0.15) is 31.1 Å².